The number of guanidine groups is 1. The van der Waals surface area contributed by atoms with E-state index in [2.05, 4.69) is 40.6 Å². The van der Waals surface area contributed by atoms with Crippen molar-refractivity contribution in [2.45, 2.75) is 32.1 Å². The first kappa shape index (κ1) is 21.6. The molecule has 1 amide bonds. The smallest absolute Gasteiger partial charge is 0.223 e. The predicted molar refractivity (Wildman–Crippen MR) is 129 cm³/mol. The first-order valence-electron chi connectivity index (χ1n) is 10.2. The highest BCUT2D eigenvalue weighted by atomic mass is 127. The van der Waals surface area contributed by atoms with Crippen LogP contribution in [-0.4, -0.2) is 36.4 Å². The first-order chi connectivity index (χ1) is 13.7. The van der Waals surface area contributed by atoms with Gasteiger partial charge in [-0.25, -0.2) is 0 Å². The van der Waals surface area contributed by atoms with Crippen LogP contribution in [0.3, 0.4) is 0 Å². The number of nitrogens with zero attached hydrogens (tertiary/aromatic N) is 2. The molecule has 1 unspecified atom stereocenters. The Hall–Kier alpha value is -2.09. The summed E-state index contributed by atoms with van der Waals surface area (Å²) < 4.78 is 0. The number of rotatable bonds is 6. The Morgan fingerprint density at radius 3 is 2.76 bits per heavy atom. The third-order valence-corrected chi connectivity index (χ3v) is 5.70. The van der Waals surface area contributed by atoms with Gasteiger partial charge in [-0.15, -0.1) is 24.0 Å². The van der Waals surface area contributed by atoms with Gasteiger partial charge >= 0.3 is 0 Å². The van der Waals surface area contributed by atoms with Gasteiger partial charge < -0.3 is 16.0 Å². The topological polar surface area (TPSA) is 70.7 Å². The molecular weight excluding hydrogens is 475 g/mol. The van der Waals surface area contributed by atoms with Crippen LogP contribution >= 0.6 is 24.0 Å². The van der Waals surface area contributed by atoms with E-state index in [4.69, 9.17) is 5.73 Å². The van der Waals surface area contributed by atoms with E-state index in [1.165, 1.54) is 29.5 Å². The number of carbonyl (C=O) groups excluding carboxylic acids is 1. The maximum Gasteiger partial charge on any atom is 0.223 e. The molecule has 6 heteroatoms. The molecule has 2 aromatic rings. The van der Waals surface area contributed by atoms with Gasteiger partial charge in [-0.1, -0.05) is 36.4 Å². The number of amides is 1. The highest BCUT2D eigenvalue weighted by Gasteiger charge is 2.28. The Morgan fingerprint density at radius 1 is 1.14 bits per heavy atom. The van der Waals surface area contributed by atoms with Crippen LogP contribution in [0.2, 0.25) is 0 Å². The molecule has 3 N–H and O–H groups in total. The van der Waals surface area contributed by atoms with Gasteiger partial charge in [0.2, 0.25) is 5.91 Å². The minimum atomic E-state index is 0. The zero-order valence-electron chi connectivity index (χ0n) is 16.6. The van der Waals surface area contributed by atoms with Crippen molar-refractivity contribution in [2.24, 2.45) is 16.6 Å². The van der Waals surface area contributed by atoms with Crippen LogP contribution in [0.4, 0.5) is 5.69 Å². The minimum Gasteiger partial charge on any atom is -0.370 e. The third kappa shape index (κ3) is 5.72. The number of anilines is 1. The van der Waals surface area contributed by atoms with Crippen LogP contribution in [-0.2, 0) is 24.1 Å². The highest BCUT2D eigenvalue weighted by molar-refractivity contribution is 14.0. The number of likely N-dealkylation sites (tertiary alicyclic amines) is 1. The normalized spacial score (nSPS) is 18.5. The number of hydrogen-bond donors (Lipinski definition) is 2. The van der Waals surface area contributed by atoms with E-state index in [0.29, 0.717) is 18.9 Å². The van der Waals surface area contributed by atoms with E-state index < -0.39 is 0 Å². The molecule has 0 aromatic heterocycles. The van der Waals surface area contributed by atoms with Crippen molar-refractivity contribution in [3.8, 4) is 0 Å². The molecule has 0 bridgehead atoms. The molecule has 1 saturated heterocycles. The number of nitrogens with two attached hydrogens (primary N) is 1. The van der Waals surface area contributed by atoms with Crippen molar-refractivity contribution in [3.05, 3.63) is 65.2 Å². The number of hydrogen-bond acceptors (Lipinski definition) is 2. The largest absolute Gasteiger partial charge is 0.370 e. The summed E-state index contributed by atoms with van der Waals surface area (Å²) in [6.07, 6.45) is 5.01. The van der Waals surface area contributed by atoms with Gasteiger partial charge in [0.1, 0.15) is 0 Å². The number of aryl methyl sites for hydroxylation is 2. The van der Waals surface area contributed by atoms with Crippen molar-refractivity contribution < 1.29 is 4.79 Å². The standard InChI is InChI=1S/C23H28N4O.HI/c24-23(26-21-10-9-19-7-4-8-20(19)14-21)25-15-18-13-22(28)27(16-18)12-11-17-5-2-1-3-6-17;/h1-3,5-6,9-10,14,18H,4,7-8,11-13,15-16H2,(H3,24,25,26);1H. The summed E-state index contributed by atoms with van der Waals surface area (Å²) >= 11 is 0. The quantitative estimate of drug-likeness (QED) is 0.359. The molecule has 2 aliphatic rings. The Kier molecular flexibility index (Phi) is 7.52. The highest BCUT2D eigenvalue weighted by Crippen LogP contribution is 2.25. The summed E-state index contributed by atoms with van der Waals surface area (Å²) in [5.41, 5.74) is 11.2. The van der Waals surface area contributed by atoms with Gasteiger partial charge in [0.15, 0.2) is 5.96 Å². The molecule has 1 heterocycles. The lowest BCUT2D eigenvalue weighted by molar-refractivity contribution is -0.127. The summed E-state index contributed by atoms with van der Waals surface area (Å²) in [6.45, 7) is 2.12. The summed E-state index contributed by atoms with van der Waals surface area (Å²) in [5, 5.41) is 3.19. The second kappa shape index (κ2) is 10.1. The fourth-order valence-electron chi connectivity index (χ4n) is 4.17. The van der Waals surface area contributed by atoms with Crippen LogP contribution < -0.4 is 11.1 Å². The number of carbonyl (C=O) groups is 1. The zero-order chi connectivity index (χ0) is 19.3. The molecular formula is C23H29IN4O. The summed E-state index contributed by atoms with van der Waals surface area (Å²) in [4.78, 5) is 18.7. The number of benzene rings is 2. The molecule has 29 heavy (non-hydrogen) atoms. The fourth-order valence-corrected chi connectivity index (χ4v) is 4.17. The van der Waals surface area contributed by atoms with E-state index in [9.17, 15) is 4.79 Å². The van der Waals surface area contributed by atoms with Crippen molar-refractivity contribution in [2.75, 3.05) is 25.0 Å². The van der Waals surface area contributed by atoms with E-state index in [0.717, 1.165) is 31.6 Å². The second-order valence-electron chi connectivity index (χ2n) is 7.83. The lowest BCUT2D eigenvalue weighted by Crippen LogP contribution is -2.28. The molecule has 1 atom stereocenters. The van der Waals surface area contributed by atoms with E-state index in [1.807, 2.05) is 23.1 Å². The second-order valence-corrected chi connectivity index (χ2v) is 7.83. The van der Waals surface area contributed by atoms with Gasteiger partial charge in [0.05, 0.1) is 0 Å². The number of halogens is 1. The predicted octanol–water partition coefficient (Wildman–Crippen LogP) is 3.61. The molecule has 154 valence electrons. The van der Waals surface area contributed by atoms with Crippen LogP contribution in [0.1, 0.15) is 29.5 Å². The average Bonchev–Trinajstić information content (AvgIpc) is 3.31. The lowest BCUT2D eigenvalue weighted by Gasteiger charge is -2.16. The molecule has 5 nitrogen and oxygen atoms in total. The average molecular weight is 504 g/mol. The Bertz CT molecular complexity index is 868. The lowest BCUT2D eigenvalue weighted by atomic mass is 10.1. The van der Waals surface area contributed by atoms with E-state index in [1.54, 1.807) is 0 Å². The third-order valence-electron chi connectivity index (χ3n) is 5.70. The molecule has 2 aromatic carbocycles. The number of aliphatic imine (C=N–C) groups is 1. The van der Waals surface area contributed by atoms with Crippen LogP contribution in [0.5, 0.6) is 0 Å². The monoisotopic (exact) mass is 504 g/mol. The van der Waals surface area contributed by atoms with Crippen molar-refractivity contribution in [1.29, 1.82) is 0 Å². The van der Waals surface area contributed by atoms with Gasteiger partial charge in [-0.05, 0) is 54.5 Å². The Labute approximate surface area is 189 Å². The number of nitrogens with one attached hydrogen (secondary N) is 1. The van der Waals surface area contributed by atoms with Gasteiger partial charge in [-0.3, -0.25) is 9.79 Å². The number of fused-ring (bicyclic) bond motifs is 1. The molecule has 0 radical (unpaired) electrons. The van der Waals surface area contributed by atoms with Crippen LogP contribution in [0.25, 0.3) is 0 Å². The Balaban J connectivity index is 0.00000240. The molecule has 4 rings (SSSR count). The van der Waals surface area contributed by atoms with Crippen molar-refractivity contribution >= 4 is 41.5 Å². The van der Waals surface area contributed by atoms with Crippen LogP contribution in [0.15, 0.2) is 53.5 Å². The van der Waals surface area contributed by atoms with Gasteiger partial charge in [-0.2, -0.15) is 0 Å². The van der Waals surface area contributed by atoms with Crippen molar-refractivity contribution in [3.63, 3.8) is 0 Å². The van der Waals surface area contributed by atoms with Crippen LogP contribution in [0, 0.1) is 5.92 Å². The molecule has 1 aliphatic carbocycles. The summed E-state index contributed by atoms with van der Waals surface area (Å²) in [7, 11) is 0. The first-order valence-corrected chi connectivity index (χ1v) is 10.2. The van der Waals surface area contributed by atoms with E-state index in [-0.39, 0.29) is 35.8 Å². The van der Waals surface area contributed by atoms with E-state index >= 15 is 0 Å². The molecule has 1 aliphatic heterocycles. The maximum absolute atomic E-state index is 12.3. The SMILES string of the molecule is I.NC(=NCC1CC(=O)N(CCc2ccccc2)C1)Nc1ccc2c(c1)CCC2. The van der Waals surface area contributed by atoms with Gasteiger partial charge in [0.25, 0.3) is 0 Å². The Morgan fingerprint density at radius 2 is 1.93 bits per heavy atom. The molecule has 1 fully saturated rings. The maximum atomic E-state index is 12.3. The van der Waals surface area contributed by atoms with Gasteiger partial charge in [0, 0.05) is 37.7 Å². The molecule has 0 saturated carbocycles. The molecule has 0 spiro atoms. The van der Waals surface area contributed by atoms with Crippen molar-refractivity contribution in [1.82, 2.24) is 4.90 Å². The minimum absolute atomic E-state index is 0. The summed E-state index contributed by atoms with van der Waals surface area (Å²) in [5.74, 6) is 0.887. The zero-order valence-corrected chi connectivity index (χ0v) is 19.0. The summed E-state index contributed by atoms with van der Waals surface area (Å²) in [6, 6.07) is 16.7. The fraction of sp³-hybridized carbons (Fsp3) is 0.391.